The first kappa shape index (κ1) is 16.8. The number of hydrogen-bond acceptors (Lipinski definition) is 4. The van der Waals surface area contributed by atoms with E-state index in [0.717, 1.165) is 5.06 Å². The maximum absolute atomic E-state index is 9.10. The minimum absolute atomic E-state index is 0. The van der Waals surface area contributed by atoms with Crippen LogP contribution in [-0.4, -0.2) is 46.5 Å². The molecule has 3 N–H and O–H groups in total. The number of nitrogens with zero attached hydrogens (tertiary/aromatic N) is 1. The van der Waals surface area contributed by atoms with Crippen molar-refractivity contribution < 1.29 is 45.3 Å². The van der Waals surface area contributed by atoms with Crippen LogP contribution < -0.4 is 18.9 Å². The van der Waals surface area contributed by atoms with E-state index in [1.807, 2.05) is 0 Å². The molecule has 0 radical (unpaired) electrons. The van der Waals surface area contributed by atoms with Crippen LogP contribution in [0, 0.1) is 0 Å². The molecule has 0 amide bonds. The Hall–Kier alpha value is -0.543. The second kappa shape index (κ2) is 9.46. The molecule has 0 aliphatic carbocycles. The summed E-state index contributed by atoms with van der Waals surface area (Å²) in [6.45, 7) is 0. The Morgan fingerprint density at radius 2 is 1.27 bits per heavy atom. The predicted octanol–water partition coefficient (Wildman–Crippen LogP) is -3.79. The number of rotatable bonds is 0. The zero-order chi connectivity index (χ0) is 8.73. The smallest absolute Gasteiger partial charge is 1.00 e. The Morgan fingerprint density at radius 1 is 1.18 bits per heavy atom. The summed E-state index contributed by atoms with van der Waals surface area (Å²) in [7, 11) is 3.11. The second-order valence-corrected chi connectivity index (χ2v) is 1.46. The van der Waals surface area contributed by atoms with Gasteiger partial charge in [-0.3, -0.25) is 0 Å². The molecule has 62 valence electrons. The number of hydrogen-bond donors (Lipinski definition) is 3. The molecule has 0 aliphatic rings. The normalized spacial score (nSPS) is 7.27. The molecule has 6 nitrogen and oxygen atoms in total. The van der Waals surface area contributed by atoms with Gasteiger partial charge in [-0.2, -0.15) is 5.06 Å². The van der Waals surface area contributed by atoms with Crippen LogP contribution in [0.2, 0.25) is 0 Å². The molecule has 7 heteroatoms. The van der Waals surface area contributed by atoms with Crippen LogP contribution in [0.5, 0.6) is 0 Å². The minimum Gasteiger partial charge on any atom is -1.00 e. The van der Waals surface area contributed by atoms with Crippen molar-refractivity contribution in [3.05, 3.63) is 0 Å². The third-order valence-corrected chi connectivity index (χ3v) is 0.183. The predicted molar refractivity (Wildman–Crippen MR) is 31.9 cm³/mol. The van der Waals surface area contributed by atoms with Gasteiger partial charge >= 0.3 is 30.8 Å². The molecule has 0 heterocycles. The molecule has 0 bridgehead atoms. The van der Waals surface area contributed by atoms with E-state index in [2.05, 4.69) is 0 Å². The maximum atomic E-state index is 9.10. The van der Waals surface area contributed by atoms with Gasteiger partial charge < -0.3 is 16.8 Å². The zero-order valence-electron chi connectivity index (χ0n) is 7.61. The largest absolute Gasteiger partial charge is 1.00 e. The third-order valence-electron chi connectivity index (χ3n) is 0.183. The van der Waals surface area contributed by atoms with Gasteiger partial charge in [0.25, 0.3) is 0 Å². The van der Waals surface area contributed by atoms with Crippen LogP contribution in [0.25, 0.3) is 0 Å². The molecule has 11 heavy (non-hydrogen) atoms. The molecular weight excluding hydrogens is 149 g/mol. The first-order valence-corrected chi connectivity index (χ1v) is 2.20. The standard InChI is InChI=1S/C2H7NO.C2H2O4.Li.H/c1-3(2)4;3-1(4)2(5)6;;/h4H,1-2H3;(H,3,4)(H,5,6);;/q;;+1;-1. The van der Waals surface area contributed by atoms with Crippen molar-refractivity contribution in [2.24, 2.45) is 0 Å². The van der Waals surface area contributed by atoms with Crippen molar-refractivity contribution in [3.63, 3.8) is 0 Å². The van der Waals surface area contributed by atoms with Gasteiger partial charge in [0.2, 0.25) is 0 Å². The Balaban J connectivity index is -0.0000000483. The number of carboxylic acid groups (broad SMARTS) is 2. The molecule has 0 spiro atoms. The number of hydroxylamine groups is 2. The summed E-state index contributed by atoms with van der Waals surface area (Å²) in [5, 5.41) is 23.7. The Morgan fingerprint density at radius 3 is 1.27 bits per heavy atom. The molecule has 0 atom stereocenters. The van der Waals surface area contributed by atoms with Crippen LogP contribution in [-0.2, 0) is 9.59 Å². The summed E-state index contributed by atoms with van der Waals surface area (Å²) >= 11 is 0. The molecule has 0 aromatic heterocycles. The van der Waals surface area contributed by atoms with E-state index < -0.39 is 11.9 Å². The van der Waals surface area contributed by atoms with Crippen molar-refractivity contribution in [2.45, 2.75) is 0 Å². The van der Waals surface area contributed by atoms with E-state index in [4.69, 9.17) is 25.0 Å². The van der Waals surface area contributed by atoms with Gasteiger partial charge in [-0.05, 0) is 0 Å². The Bertz CT molecular complexity index is 116. The van der Waals surface area contributed by atoms with Crippen LogP contribution >= 0.6 is 0 Å². The molecule has 0 aliphatic heterocycles. The van der Waals surface area contributed by atoms with E-state index >= 15 is 0 Å². The van der Waals surface area contributed by atoms with Crippen molar-refractivity contribution in [1.82, 2.24) is 5.06 Å². The molecule has 0 saturated heterocycles. The van der Waals surface area contributed by atoms with Gasteiger partial charge in [0.1, 0.15) is 0 Å². The first-order chi connectivity index (χ1) is 4.37. The van der Waals surface area contributed by atoms with Crippen LogP contribution in [0.1, 0.15) is 1.43 Å². The summed E-state index contributed by atoms with van der Waals surface area (Å²) in [6.07, 6.45) is 0. The number of aliphatic carboxylic acids is 2. The van der Waals surface area contributed by atoms with Crippen LogP contribution in [0.15, 0.2) is 0 Å². The number of carboxylic acids is 2. The first-order valence-electron chi connectivity index (χ1n) is 2.20. The van der Waals surface area contributed by atoms with E-state index in [1.165, 1.54) is 0 Å². The molecule has 0 saturated carbocycles. The fourth-order valence-corrected chi connectivity index (χ4v) is 0. The van der Waals surface area contributed by atoms with Gasteiger partial charge in [0, 0.05) is 14.1 Å². The Labute approximate surface area is 77.0 Å². The average Bonchev–Trinajstić information content (AvgIpc) is 1.63. The van der Waals surface area contributed by atoms with E-state index in [1.54, 1.807) is 14.1 Å². The zero-order valence-corrected chi connectivity index (χ0v) is 6.61. The van der Waals surface area contributed by atoms with Gasteiger partial charge in [-0.15, -0.1) is 0 Å². The summed E-state index contributed by atoms with van der Waals surface area (Å²) < 4.78 is 0. The van der Waals surface area contributed by atoms with Crippen LogP contribution in [0.4, 0.5) is 0 Å². The van der Waals surface area contributed by atoms with E-state index in [9.17, 15) is 0 Å². The van der Waals surface area contributed by atoms with Crippen molar-refractivity contribution >= 4 is 11.9 Å². The molecule has 0 fully saturated rings. The van der Waals surface area contributed by atoms with Crippen molar-refractivity contribution in [3.8, 4) is 0 Å². The molecule has 0 aromatic rings. The van der Waals surface area contributed by atoms with E-state index in [-0.39, 0.29) is 20.3 Å². The SMILES string of the molecule is CN(C)O.O=C(O)C(=O)O.[H-].[Li+]. The third kappa shape index (κ3) is 44.0. The molecular formula is C4H10LiNO5. The molecule has 0 aromatic carbocycles. The maximum Gasteiger partial charge on any atom is 1.00 e. The fourth-order valence-electron chi connectivity index (χ4n) is 0. The summed E-state index contributed by atoms with van der Waals surface area (Å²) in [4.78, 5) is 18.2. The van der Waals surface area contributed by atoms with Gasteiger partial charge in [-0.25, -0.2) is 9.59 Å². The van der Waals surface area contributed by atoms with Gasteiger partial charge in [0.15, 0.2) is 0 Å². The average molecular weight is 159 g/mol. The topological polar surface area (TPSA) is 98.1 Å². The molecule has 0 unspecified atom stereocenters. The Kier molecular flexibility index (Phi) is 14.5. The van der Waals surface area contributed by atoms with Crippen LogP contribution in [0.3, 0.4) is 0 Å². The van der Waals surface area contributed by atoms with Crippen molar-refractivity contribution in [1.29, 1.82) is 0 Å². The van der Waals surface area contributed by atoms with Gasteiger partial charge in [0.05, 0.1) is 0 Å². The molecule has 0 rings (SSSR count). The minimum atomic E-state index is -1.82. The summed E-state index contributed by atoms with van der Waals surface area (Å²) in [5.41, 5.74) is 0. The summed E-state index contributed by atoms with van der Waals surface area (Å²) in [6, 6.07) is 0. The number of carbonyl (C=O) groups is 2. The van der Waals surface area contributed by atoms with Gasteiger partial charge in [-0.1, -0.05) is 0 Å². The monoisotopic (exact) mass is 159 g/mol. The second-order valence-electron chi connectivity index (χ2n) is 1.46. The van der Waals surface area contributed by atoms with E-state index in [0.29, 0.717) is 0 Å². The quantitative estimate of drug-likeness (QED) is 0.190. The summed E-state index contributed by atoms with van der Waals surface area (Å²) in [5.74, 6) is -3.65. The van der Waals surface area contributed by atoms with Crippen molar-refractivity contribution in [2.75, 3.05) is 14.1 Å². The fraction of sp³-hybridized carbons (Fsp3) is 0.500.